The number of para-hydroxylation sites is 4. The van der Waals surface area contributed by atoms with E-state index in [1.807, 2.05) is 60.7 Å². The molecule has 0 radical (unpaired) electrons. The van der Waals surface area contributed by atoms with Crippen LogP contribution in [0.25, 0.3) is 11.0 Å². The summed E-state index contributed by atoms with van der Waals surface area (Å²) in [5.74, 6) is 1.57. The molecule has 0 spiro atoms. The summed E-state index contributed by atoms with van der Waals surface area (Å²) in [4.78, 5) is 19.7. The van der Waals surface area contributed by atoms with E-state index in [9.17, 15) is 4.79 Å². The Balaban J connectivity index is 1.54. The van der Waals surface area contributed by atoms with Crippen molar-refractivity contribution < 1.29 is 9.53 Å². The Hall–Kier alpha value is -3.02. The van der Waals surface area contributed by atoms with Gasteiger partial charge in [0.2, 0.25) is 5.91 Å². The number of nitrogens with zero attached hydrogens (tertiary/aromatic N) is 3. The molecular formula is C25H21Cl2N3O2. The molecule has 1 amide bonds. The Morgan fingerprint density at radius 1 is 1.06 bits per heavy atom. The van der Waals surface area contributed by atoms with Gasteiger partial charge in [-0.15, -0.1) is 0 Å². The number of imidazole rings is 1. The van der Waals surface area contributed by atoms with Crippen molar-refractivity contribution in [2.45, 2.75) is 18.9 Å². The van der Waals surface area contributed by atoms with E-state index in [2.05, 4.69) is 4.57 Å². The van der Waals surface area contributed by atoms with E-state index in [0.717, 1.165) is 28.1 Å². The lowest BCUT2D eigenvalue weighted by Crippen LogP contribution is -2.25. The highest BCUT2D eigenvalue weighted by Gasteiger charge is 2.36. The summed E-state index contributed by atoms with van der Waals surface area (Å²) in [6.07, 6.45) is 0.385. The molecule has 1 atom stereocenters. The van der Waals surface area contributed by atoms with E-state index in [1.165, 1.54) is 0 Å². The fourth-order valence-corrected chi connectivity index (χ4v) is 4.83. The quantitative estimate of drug-likeness (QED) is 0.367. The topological polar surface area (TPSA) is 47.4 Å². The number of carbonyl (C=O) groups excluding carboxylic acids is 1. The highest BCUT2D eigenvalue weighted by molar-refractivity contribution is 6.35. The predicted molar refractivity (Wildman–Crippen MR) is 128 cm³/mol. The van der Waals surface area contributed by atoms with Crippen molar-refractivity contribution in [2.75, 3.05) is 18.6 Å². The van der Waals surface area contributed by atoms with Crippen LogP contribution in [0.4, 0.5) is 5.69 Å². The average molecular weight is 466 g/mol. The average Bonchev–Trinajstić information content (AvgIpc) is 3.36. The SMILES string of the molecule is COc1ccccc1N1CC(c2nc3ccccc3n2Cc2ccc(Cl)cc2Cl)CC1=O. The van der Waals surface area contributed by atoms with Crippen molar-refractivity contribution in [3.05, 3.63) is 88.2 Å². The van der Waals surface area contributed by atoms with Gasteiger partial charge in [-0.25, -0.2) is 4.98 Å². The van der Waals surface area contributed by atoms with Crippen LogP contribution in [-0.2, 0) is 11.3 Å². The van der Waals surface area contributed by atoms with Crippen LogP contribution in [0.5, 0.6) is 5.75 Å². The highest BCUT2D eigenvalue weighted by atomic mass is 35.5. The van der Waals surface area contributed by atoms with E-state index in [0.29, 0.717) is 35.3 Å². The van der Waals surface area contributed by atoms with Crippen molar-refractivity contribution in [3.63, 3.8) is 0 Å². The normalized spacial score (nSPS) is 16.2. The van der Waals surface area contributed by atoms with Crippen molar-refractivity contribution in [1.82, 2.24) is 9.55 Å². The summed E-state index contributed by atoms with van der Waals surface area (Å²) in [5.41, 5.74) is 3.64. The van der Waals surface area contributed by atoms with Gasteiger partial charge in [0.15, 0.2) is 0 Å². The van der Waals surface area contributed by atoms with Crippen LogP contribution in [0.15, 0.2) is 66.7 Å². The molecule has 3 aromatic carbocycles. The number of methoxy groups -OCH3 is 1. The maximum atomic E-state index is 13.0. The van der Waals surface area contributed by atoms with Crippen molar-refractivity contribution in [2.24, 2.45) is 0 Å². The first-order valence-corrected chi connectivity index (χ1v) is 11.1. The van der Waals surface area contributed by atoms with Crippen molar-refractivity contribution in [3.8, 4) is 5.75 Å². The van der Waals surface area contributed by atoms with Gasteiger partial charge in [-0.3, -0.25) is 4.79 Å². The van der Waals surface area contributed by atoms with E-state index < -0.39 is 0 Å². The van der Waals surface area contributed by atoms with Crippen LogP contribution in [0, 0.1) is 0 Å². The molecule has 0 N–H and O–H groups in total. The van der Waals surface area contributed by atoms with Gasteiger partial charge in [0.05, 0.1) is 30.4 Å². The number of benzene rings is 3. The smallest absolute Gasteiger partial charge is 0.227 e. The Kier molecular flexibility index (Phi) is 5.53. The molecule has 1 aliphatic heterocycles. The minimum atomic E-state index is -0.0501. The molecule has 0 bridgehead atoms. The Morgan fingerprint density at radius 3 is 2.66 bits per heavy atom. The molecule has 1 unspecified atom stereocenters. The monoisotopic (exact) mass is 465 g/mol. The lowest BCUT2D eigenvalue weighted by molar-refractivity contribution is -0.117. The number of rotatable bonds is 5. The van der Waals surface area contributed by atoms with Gasteiger partial charge in [0.25, 0.3) is 0 Å². The zero-order valence-electron chi connectivity index (χ0n) is 17.5. The van der Waals surface area contributed by atoms with Crippen molar-refractivity contribution >= 4 is 45.8 Å². The number of hydrogen-bond donors (Lipinski definition) is 0. The number of halogens is 2. The van der Waals surface area contributed by atoms with Crippen LogP contribution < -0.4 is 9.64 Å². The molecule has 32 heavy (non-hydrogen) atoms. The van der Waals surface area contributed by atoms with Crippen LogP contribution >= 0.6 is 23.2 Å². The molecule has 5 rings (SSSR count). The first-order valence-electron chi connectivity index (χ1n) is 10.4. The predicted octanol–water partition coefficient (Wildman–Crippen LogP) is 5.92. The summed E-state index contributed by atoms with van der Waals surface area (Å²) in [5, 5.41) is 1.21. The van der Waals surface area contributed by atoms with E-state index in [1.54, 1.807) is 18.1 Å². The van der Waals surface area contributed by atoms with Gasteiger partial charge in [-0.05, 0) is 42.0 Å². The van der Waals surface area contributed by atoms with Crippen LogP contribution in [0.1, 0.15) is 23.7 Å². The fraction of sp³-hybridized carbons (Fsp3) is 0.200. The largest absolute Gasteiger partial charge is 0.495 e. The number of ether oxygens (including phenoxy) is 1. The van der Waals surface area contributed by atoms with Crippen LogP contribution in [-0.4, -0.2) is 29.1 Å². The maximum Gasteiger partial charge on any atom is 0.227 e. The van der Waals surface area contributed by atoms with Crippen molar-refractivity contribution in [1.29, 1.82) is 0 Å². The minimum absolute atomic E-state index is 0.0501. The first kappa shape index (κ1) is 20.9. The molecule has 1 fully saturated rings. The molecule has 162 valence electrons. The Morgan fingerprint density at radius 2 is 1.84 bits per heavy atom. The second kappa shape index (κ2) is 8.49. The number of fused-ring (bicyclic) bond motifs is 1. The van der Waals surface area contributed by atoms with Gasteiger partial charge in [0, 0.05) is 28.9 Å². The molecule has 0 saturated carbocycles. The number of hydrogen-bond acceptors (Lipinski definition) is 3. The molecule has 2 heterocycles. The third-order valence-corrected chi connectivity index (χ3v) is 6.48. The molecular weight excluding hydrogens is 445 g/mol. The van der Waals surface area contributed by atoms with Gasteiger partial charge in [-0.1, -0.05) is 53.5 Å². The Bertz CT molecular complexity index is 1320. The molecule has 1 aromatic heterocycles. The standard InChI is InChI=1S/C25H21Cl2N3O2/c1-32-23-9-5-4-8-22(23)29-15-17(12-24(29)31)25-28-20-6-2-3-7-21(20)30(25)14-16-10-11-18(26)13-19(16)27/h2-11,13,17H,12,14-15H2,1H3. The molecule has 0 aliphatic carbocycles. The summed E-state index contributed by atoms with van der Waals surface area (Å²) in [7, 11) is 1.62. The zero-order chi connectivity index (χ0) is 22.2. The summed E-state index contributed by atoms with van der Waals surface area (Å²) >= 11 is 12.6. The summed E-state index contributed by atoms with van der Waals surface area (Å²) in [6.45, 7) is 1.09. The van der Waals surface area contributed by atoms with Gasteiger partial charge in [-0.2, -0.15) is 0 Å². The first-order chi connectivity index (χ1) is 15.5. The molecule has 1 saturated heterocycles. The Labute approximate surface area is 196 Å². The van der Waals surface area contributed by atoms with Crippen LogP contribution in [0.3, 0.4) is 0 Å². The number of aromatic nitrogens is 2. The third kappa shape index (κ3) is 3.72. The van der Waals surface area contributed by atoms with Gasteiger partial charge < -0.3 is 14.2 Å². The zero-order valence-corrected chi connectivity index (χ0v) is 19.0. The fourth-order valence-electron chi connectivity index (χ4n) is 4.36. The third-order valence-electron chi connectivity index (χ3n) is 5.89. The van der Waals surface area contributed by atoms with Gasteiger partial charge >= 0.3 is 0 Å². The summed E-state index contributed by atoms with van der Waals surface area (Å²) in [6, 6.07) is 21.1. The van der Waals surface area contributed by atoms with Crippen LogP contribution in [0.2, 0.25) is 10.0 Å². The molecule has 5 nitrogen and oxygen atoms in total. The lowest BCUT2D eigenvalue weighted by atomic mass is 10.1. The summed E-state index contributed by atoms with van der Waals surface area (Å²) < 4.78 is 7.64. The maximum absolute atomic E-state index is 13.0. The van der Waals surface area contributed by atoms with E-state index in [-0.39, 0.29) is 11.8 Å². The number of amides is 1. The van der Waals surface area contributed by atoms with Gasteiger partial charge in [0.1, 0.15) is 11.6 Å². The second-order valence-electron chi connectivity index (χ2n) is 7.86. The van der Waals surface area contributed by atoms with E-state index in [4.69, 9.17) is 32.9 Å². The lowest BCUT2D eigenvalue weighted by Gasteiger charge is -2.20. The molecule has 4 aromatic rings. The molecule has 1 aliphatic rings. The second-order valence-corrected chi connectivity index (χ2v) is 8.70. The van der Waals surface area contributed by atoms with E-state index >= 15 is 0 Å². The number of anilines is 1. The number of carbonyl (C=O) groups is 1. The minimum Gasteiger partial charge on any atom is -0.495 e. The highest BCUT2D eigenvalue weighted by Crippen LogP contribution is 2.37. The molecule has 7 heteroatoms.